The summed E-state index contributed by atoms with van der Waals surface area (Å²) in [7, 11) is 5.30. The lowest BCUT2D eigenvalue weighted by atomic mass is 9.98. The summed E-state index contributed by atoms with van der Waals surface area (Å²) < 4.78 is 5.18. The van der Waals surface area contributed by atoms with Crippen LogP contribution in [-0.2, 0) is 4.79 Å². The zero-order chi connectivity index (χ0) is 16.0. The third-order valence-corrected chi connectivity index (χ3v) is 3.69. The highest BCUT2D eigenvalue weighted by Crippen LogP contribution is 2.25. The molecule has 3 unspecified atom stereocenters. The van der Waals surface area contributed by atoms with Crippen LogP contribution in [0.1, 0.15) is 25.5 Å². The fraction of sp³-hybridized carbons (Fsp3) is 0.562. The Labute approximate surface area is 127 Å². The summed E-state index contributed by atoms with van der Waals surface area (Å²) in [4.78, 5) is 13.8. The number of likely N-dealkylation sites (N-methyl/N-ethyl adjacent to an activating group) is 1. The first kappa shape index (κ1) is 17.5. The Morgan fingerprint density at radius 1 is 1.33 bits per heavy atom. The zero-order valence-corrected chi connectivity index (χ0v) is 13.6. The minimum absolute atomic E-state index is 0.0414. The number of hydrogen-bond acceptors (Lipinski definition) is 4. The van der Waals surface area contributed by atoms with Crippen LogP contribution >= 0.6 is 0 Å². The predicted octanol–water partition coefficient (Wildman–Crippen LogP) is 1.40. The molecule has 21 heavy (non-hydrogen) atoms. The lowest BCUT2D eigenvalue weighted by molar-refractivity contribution is -0.124. The standard InChI is InChI=1S/C16H27N3O2/c1-11(16(20)18-3)10-19(4)15(12(2)17)13-6-8-14(21-5)9-7-13/h6-9,11-12,15H,10,17H2,1-5H3,(H,18,20). The summed E-state index contributed by atoms with van der Waals surface area (Å²) in [5.41, 5.74) is 7.27. The second-order valence-corrected chi connectivity index (χ2v) is 5.53. The number of nitrogens with one attached hydrogen (secondary N) is 1. The molecule has 1 aromatic carbocycles. The molecule has 1 amide bonds. The smallest absolute Gasteiger partial charge is 0.223 e. The van der Waals surface area contributed by atoms with Crippen molar-refractivity contribution < 1.29 is 9.53 Å². The van der Waals surface area contributed by atoms with Crippen molar-refractivity contribution in [2.45, 2.75) is 25.9 Å². The third-order valence-electron chi connectivity index (χ3n) is 3.69. The normalized spacial score (nSPS) is 15.4. The van der Waals surface area contributed by atoms with E-state index in [1.165, 1.54) is 0 Å². The predicted molar refractivity (Wildman–Crippen MR) is 85.2 cm³/mol. The van der Waals surface area contributed by atoms with E-state index in [2.05, 4.69) is 10.2 Å². The minimum atomic E-state index is -0.0838. The van der Waals surface area contributed by atoms with Crippen molar-refractivity contribution in [3.05, 3.63) is 29.8 Å². The number of carbonyl (C=O) groups is 1. The van der Waals surface area contributed by atoms with E-state index in [4.69, 9.17) is 10.5 Å². The molecule has 5 heteroatoms. The van der Waals surface area contributed by atoms with E-state index in [-0.39, 0.29) is 23.9 Å². The molecular weight excluding hydrogens is 266 g/mol. The molecule has 5 nitrogen and oxygen atoms in total. The van der Waals surface area contributed by atoms with Gasteiger partial charge in [-0.3, -0.25) is 9.69 Å². The van der Waals surface area contributed by atoms with Crippen LogP contribution in [0.15, 0.2) is 24.3 Å². The van der Waals surface area contributed by atoms with Gasteiger partial charge in [0.25, 0.3) is 0 Å². The number of nitrogens with zero attached hydrogens (tertiary/aromatic N) is 1. The van der Waals surface area contributed by atoms with Crippen LogP contribution in [0.4, 0.5) is 0 Å². The van der Waals surface area contributed by atoms with Crippen molar-refractivity contribution >= 4 is 5.91 Å². The Morgan fingerprint density at radius 2 is 1.90 bits per heavy atom. The first-order chi connectivity index (χ1) is 9.90. The Hall–Kier alpha value is -1.59. The van der Waals surface area contributed by atoms with Gasteiger partial charge in [-0.05, 0) is 31.7 Å². The highest BCUT2D eigenvalue weighted by molar-refractivity contribution is 5.78. The van der Waals surface area contributed by atoms with E-state index in [0.717, 1.165) is 11.3 Å². The SMILES string of the molecule is CNC(=O)C(C)CN(C)C(c1ccc(OC)cc1)C(C)N. The van der Waals surface area contributed by atoms with E-state index in [0.29, 0.717) is 6.54 Å². The second kappa shape index (κ2) is 8.00. The van der Waals surface area contributed by atoms with Crippen LogP contribution in [0.25, 0.3) is 0 Å². The van der Waals surface area contributed by atoms with Crippen molar-refractivity contribution in [1.29, 1.82) is 0 Å². The van der Waals surface area contributed by atoms with Crippen molar-refractivity contribution in [3.8, 4) is 5.75 Å². The average molecular weight is 293 g/mol. The fourth-order valence-electron chi connectivity index (χ4n) is 2.64. The maximum absolute atomic E-state index is 11.7. The van der Waals surface area contributed by atoms with Gasteiger partial charge in [0, 0.05) is 31.6 Å². The highest BCUT2D eigenvalue weighted by Gasteiger charge is 2.24. The first-order valence-electron chi connectivity index (χ1n) is 7.22. The Balaban J connectivity index is 2.87. The van der Waals surface area contributed by atoms with Crippen molar-refractivity contribution in [3.63, 3.8) is 0 Å². The molecule has 0 heterocycles. The van der Waals surface area contributed by atoms with Gasteiger partial charge >= 0.3 is 0 Å². The molecule has 1 aromatic rings. The molecule has 0 radical (unpaired) electrons. The summed E-state index contributed by atoms with van der Waals surface area (Å²) >= 11 is 0. The van der Waals surface area contributed by atoms with Gasteiger partial charge < -0.3 is 15.8 Å². The highest BCUT2D eigenvalue weighted by atomic mass is 16.5. The van der Waals surface area contributed by atoms with E-state index in [1.54, 1.807) is 14.2 Å². The molecule has 1 rings (SSSR count). The van der Waals surface area contributed by atoms with Gasteiger partial charge in [0.1, 0.15) is 5.75 Å². The largest absolute Gasteiger partial charge is 0.497 e. The number of benzene rings is 1. The summed E-state index contributed by atoms with van der Waals surface area (Å²) in [6.45, 7) is 4.55. The summed E-state index contributed by atoms with van der Waals surface area (Å²) in [6.07, 6.45) is 0. The summed E-state index contributed by atoms with van der Waals surface area (Å²) in [5, 5.41) is 2.68. The molecule has 0 saturated carbocycles. The molecule has 0 saturated heterocycles. The molecule has 3 N–H and O–H groups in total. The maximum atomic E-state index is 11.7. The molecule has 118 valence electrons. The van der Waals surface area contributed by atoms with Gasteiger partial charge in [-0.2, -0.15) is 0 Å². The van der Waals surface area contributed by atoms with Crippen LogP contribution in [0.3, 0.4) is 0 Å². The Kier molecular flexibility index (Phi) is 6.65. The van der Waals surface area contributed by atoms with Crippen LogP contribution < -0.4 is 15.8 Å². The fourth-order valence-corrected chi connectivity index (χ4v) is 2.64. The number of nitrogens with two attached hydrogens (primary N) is 1. The number of carbonyl (C=O) groups excluding carboxylic acids is 1. The van der Waals surface area contributed by atoms with Gasteiger partial charge in [-0.15, -0.1) is 0 Å². The van der Waals surface area contributed by atoms with Crippen LogP contribution in [0.5, 0.6) is 5.75 Å². The van der Waals surface area contributed by atoms with Crippen LogP contribution in [0, 0.1) is 5.92 Å². The van der Waals surface area contributed by atoms with Gasteiger partial charge in [-0.25, -0.2) is 0 Å². The van der Waals surface area contributed by atoms with Gasteiger partial charge in [0.2, 0.25) is 5.91 Å². The topological polar surface area (TPSA) is 67.6 Å². The zero-order valence-electron chi connectivity index (χ0n) is 13.6. The van der Waals surface area contributed by atoms with E-state index < -0.39 is 0 Å². The molecule has 3 atom stereocenters. The molecule has 0 aromatic heterocycles. The van der Waals surface area contributed by atoms with E-state index >= 15 is 0 Å². The summed E-state index contributed by atoms with van der Waals surface area (Å²) in [6, 6.07) is 7.92. The maximum Gasteiger partial charge on any atom is 0.223 e. The van der Waals surface area contributed by atoms with E-state index in [1.807, 2.05) is 45.2 Å². The molecule has 0 aliphatic rings. The molecule has 0 bridgehead atoms. The third kappa shape index (κ3) is 4.72. The monoisotopic (exact) mass is 293 g/mol. The summed E-state index contributed by atoms with van der Waals surface area (Å²) in [5.74, 6) is 0.781. The minimum Gasteiger partial charge on any atom is -0.497 e. The number of amides is 1. The molecule has 0 aliphatic heterocycles. The Morgan fingerprint density at radius 3 is 2.33 bits per heavy atom. The van der Waals surface area contributed by atoms with Gasteiger partial charge in [0.15, 0.2) is 0 Å². The Bertz CT molecular complexity index is 445. The van der Waals surface area contributed by atoms with Crippen LogP contribution in [0.2, 0.25) is 0 Å². The first-order valence-corrected chi connectivity index (χ1v) is 7.22. The lowest BCUT2D eigenvalue weighted by Crippen LogP contribution is -2.41. The van der Waals surface area contributed by atoms with Crippen LogP contribution in [-0.4, -0.2) is 44.6 Å². The molecule has 0 spiro atoms. The quantitative estimate of drug-likeness (QED) is 0.797. The average Bonchev–Trinajstić information content (AvgIpc) is 2.46. The van der Waals surface area contributed by atoms with Crippen molar-refractivity contribution in [1.82, 2.24) is 10.2 Å². The molecule has 0 aliphatic carbocycles. The van der Waals surface area contributed by atoms with Crippen molar-refractivity contribution in [2.24, 2.45) is 11.7 Å². The lowest BCUT2D eigenvalue weighted by Gasteiger charge is -2.33. The van der Waals surface area contributed by atoms with Gasteiger partial charge in [0.05, 0.1) is 7.11 Å². The van der Waals surface area contributed by atoms with E-state index in [9.17, 15) is 4.79 Å². The number of rotatable bonds is 7. The molecular formula is C16H27N3O2. The number of hydrogen-bond donors (Lipinski definition) is 2. The molecule has 0 fully saturated rings. The van der Waals surface area contributed by atoms with Gasteiger partial charge in [-0.1, -0.05) is 19.1 Å². The second-order valence-electron chi connectivity index (χ2n) is 5.53. The number of methoxy groups -OCH3 is 1. The number of ether oxygens (including phenoxy) is 1. The van der Waals surface area contributed by atoms with Crippen molar-refractivity contribution in [2.75, 3.05) is 27.7 Å².